The van der Waals surface area contributed by atoms with Gasteiger partial charge in [-0.15, -0.1) is 26.3 Å². The van der Waals surface area contributed by atoms with Gasteiger partial charge in [0.05, 0.1) is 26.4 Å². The van der Waals surface area contributed by atoms with Crippen LogP contribution in [0.3, 0.4) is 0 Å². The largest absolute Gasteiger partial charge is 0.392 e. The minimum atomic E-state index is 0. The molecule has 0 aliphatic heterocycles. The Morgan fingerprint density at radius 2 is 0.514 bits per heavy atom. The van der Waals surface area contributed by atoms with Gasteiger partial charge in [-0.3, -0.25) is 0 Å². The van der Waals surface area contributed by atoms with E-state index in [2.05, 4.69) is 26.3 Å². The molecule has 4 N–H and O–H groups in total. The molecule has 0 saturated carbocycles. The summed E-state index contributed by atoms with van der Waals surface area (Å²) in [5.74, 6) is 0. The maximum atomic E-state index is 8.32. The van der Waals surface area contributed by atoms with Crippen LogP contribution in [0.2, 0.25) is 0 Å². The van der Waals surface area contributed by atoms with Gasteiger partial charge in [0, 0.05) is 21.7 Å². The minimum Gasteiger partial charge on any atom is -0.392 e. The first-order valence-electron chi connectivity index (χ1n) is 13.1. The van der Waals surface area contributed by atoms with Crippen LogP contribution in [0.4, 0.5) is 0 Å². The predicted octanol–water partition coefficient (Wildman–Crippen LogP) is 7.56. The molecule has 0 bridgehead atoms. The number of hydrogen-bond donors (Lipinski definition) is 4. The molecule has 0 aromatic rings. The Balaban J connectivity index is -0.000000122. The van der Waals surface area contributed by atoms with Crippen LogP contribution in [0, 0.1) is 0 Å². The van der Waals surface area contributed by atoms with Gasteiger partial charge < -0.3 is 20.4 Å². The van der Waals surface area contributed by atoms with Crippen molar-refractivity contribution in [2.24, 2.45) is 0 Å². The Morgan fingerprint density at radius 3 is 0.649 bits per heavy atom. The van der Waals surface area contributed by atoms with Crippen LogP contribution in [0.1, 0.15) is 77.0 Å². The number of hydrogen-bond acceptors (Lipinski definition) is 4. The van der Waals surface area contributed by atoms with Crippen LogP contribution >= 0.6 is 0 Å². The quantitative estimate of drug-likeness (QED) is 0.0714. The Morgan fingerprint density at radius 1 is 0.324 bits per heavy atom. The molecule has 0 fully saturated rings. The van der Waals surface area contributed by atoms with Gasteiger partial charge >= 0.3 is 0 Å². The van der Waals surface area contributed by atoms with E-state index < -0.39 is 0 Å². The second-order valence-electron chi connectivity index (χ2n) is 7.49. The molecular formula is C32H56O4Ti. The summed E-state index contributed by atoms with van der Waals surface area (Å²) in [6, 6.07) is 0. The van der Waals surface area contributed by atoms with Crippen molar-refractivity contribution in [2.75, 3.05) is 26.4 Å². The molecule has 0 aromatic carbocycles. The fourth-order valence-corrected chi connectivity index (χ4v) is 2.29. The summed E-state index contributed by atoms with van der Waals surface area (Å²) in [6.07, 6.45) is 35.7. The van der Waals surface area contributed by atoms with E-state index in [0.717, 1.165) is 77.0 Å². The molecule has 0 radical (unpaired) electrons. The molecule has 37 heavy (non-hydrogen) atoms. The number of unbranched alkanes of at least 4 members (excludes halogenated alkanes) is 8. The van der Waals surface area contributed by atoms with Gasteiger partial charge in [0.1, 0.15) is 0 Å². The van der Waals surface area contributed by atoms with E-state index >= 15 is 0 Å². The minimum absolute atomic E-state index is 0. The molecular weight excluding hydrogens is 496 g/mol. The SMILES string of the molecule is C=CCCC/C=C/CO.C=CCCC/C=C/CO.C=CCCC/C=C/CO.C=CCCC/C=C/CO.[Ti]. The predicted molar refractivity (Wildman–Crippen MR) is 161 cm³/mol. The number of aliphatic hydroxyl groups excluding tert-OH is 4. The van der Waals surface area contributed by atoms with Gasteiger partial charge in [-0.05, 0) is 77.0 Å². The molecule has 0 amide bonds. The Bertz CT molecular complexity index is 441. The summed E-state index contributed by atoms with van der Waals surface area (Å²) in [5.41, 5.74) is 0. The van der Waals surface area contributed by atoms with E-state index in [9.17, 15) is 0 Å². The summed E-state index contributed by atoms with van der Waals surface area (Å²) in [6.45, 7) is 15.1. The molecule has 212 valence electrons. The third-order valence-electron chi connectivity index (χ3n) is 4.20. The van der Waals surface area contributed by atoms with E-state index in [0.29, 0.717) is 0 Å². The Labute approximate surface area is 244 Å². The van der Waals surface area contributed by atoms with Crippen molar-refractivity contribution >= 4 is 0 Å². The first-order chi connectivity index (χ1) is 17.7. The molecule has 0 heterocycles. The first-order valence-corrected chi connectivity index (χ1v) is 13.1. The zero-order chi connectivity index (χ0) is 27.8. The summed E-state index contributed by atoms with van der Waals surface area (Å²) in [5, 5.41) is 33.3. The van der Waals surface area contributed by atoms with Crippen LogP contribution in [0.25, 0.3) is 0 Å². The van der Waals surface area contributed by atoms with Gasteiger partial charge in [0.2, 0.25) is 0 Å². The van der Waals surface area contributed by atoms with E-state index in [1.165, 1.54) is 0 Å². The summed E-state index contributed by atoms with van der Waals surface area (Å²) in [4.78, 5) is 0. The molecule has 0 atom stereocenters. The average molecular weight is 553 g/mol. The van der Waals surface area contributed by atoms with Crippen molar-refractivity contribution in [1.82, 2.24) is 0 Å². The maximum Gasteiger partial charge on any atom is 0.0612 e. The van der Waals surface area contributed by atoms with E-state index in [1.807, 2.05) is 48.6 Å². The Kier molecular flexibility index (Phi) is 67.6. The van der Waals surface area contributed by atoms with Crippen LogP contribution in [-0.2, 0) is 21.7 Å². The van der Waals surface area contributed by atoms with Crippen molar-refractivity contribution in [3.8, 4) is 0 Å². The zero-order valence-corrected chi connectivity index (χ0v) is 24.9. The van der Waals surface area contributed by atoms with Gasteiger partial charge in [-0.25, -0.2) is 0 Å². The monoisotopic (exact) mass is 552 g/mol. The molecule has 0 aliphatic carbocycles. The standard InChI is InChI=1S/4C8H14O.Ti/c4*1-2-3-4-5-6-7-8-9;/h4*2,6-7,9H,1,3-5,8H2;/b4*7-6+;. The third kappa shape index (κ3) is 72.0. The second kappa shape index (κ2) is 55.1. The van der Waals surface area contributed by atoms with Crippen LogP contribution < -0.4 is 0 Å². The third-order valence-corrected chi connectivity index (χ3v) is 4.20. The van der Waals surface area contributed by atoms with Crippen molar-refractivity contribution in [3.63, 3.8) is 0 Å². The van der Waals surface area contributed by atoms with E-state index in [1.54, 1.807) is 24.3 Å². The number of allylic oxidation sites excluding steroid dienone is 8. The molecule has 0 unspecified atom stereocenters. The molecule has 0 saturated heterocycles. The van der Waals surface area contributed by atoms with Crippen LogP contribution in [0.5, 0.6) is 0 Å². The second-order valence-corrected chi connectivity index (χ2v) is 7.49. The molecule has 0 rings (SSSR count). The van der Waals surface area contributed by atoms with Crippen LogP contribution in [-0.4, -0.2) is 46.9 Å². The van der Waals surface area contributed by atoms with Crippen molar-refractivity contribution in [1.29, 1.82) is 0 Å². The molecule has 0 aliphatic rings. The molecule has 5 heteroatoms. The Hall–Kier alpha value is -1.53. The fourth-order valence-electron chi connectivity index (χ4n) is 2.29. The molecule has 0 aromatic heterocycles. The average Bonchev–Trinajstić information content (AvgIpc) is 2.90. The number of aliphatic hydroxyl groups is 4. The maximum absolute atomic E-state index is 8.32. The normalized spacial score (nSPS) is 10.1. The molecule has 4 nitrogen and oxygen atoms in total. The van der Waals surface area contributed by atoms with E-state index in [-0.39, 0.29) is 48.1 Å². The van der Waals surface area contributed by atoms with E-state index in [4.69, 9.17) is 20.4 Å². The topological polar surface area (TPSA) is 80.9 Å². The van der Waals surface area contributed by atoms with Gasteiger partial charge in [0.25, 0.3) is 0 Å². The van der Waals surface area contributed by atoms with Gasteiger partial charge in [-0.2, -0.15) is 0 Å². The van der Waals surface area contributed by atoms with Crippen molar-refractivity contribution in [2.45, 2.75) is 77.0 Å². The van der Waals surface area contributed by atoms with Gasteiger partial charge in [0.15, 0.2) is 0 Å². The smallest absolute Gasteiger partial charge is 0.0612 e. The fraction of sp³-hybridized carbons (Fsp3) is 0.500. The van der Waals surface area contributed by atoms with Crippen molar-refractivity contribution < 1.29 is 42.1 Å². The number of rotatable bonds is 20. The molecule has 0 spiro atoms. The zero-order valence-electron chi connectivity index (χ0n) is 23.4. The van der Waals surface area contributed by atoms with Crippen LogP contribution in [0.15, 0.2) is 99.2 Å². The summed E-state index contributed by atoms with van der Waals surface area (Å²) < 4.78 is 0. The summed E-state index contributed by atoms with van der Waals surface area (Å²) >= 11 is 0. The first kappa shape index (κ1) is 45.4. The summed E-state index contributed by atoms with van der Waals surface area (Å²) in [7, 11) is 0. The van der Waals surface area contributed by atoms with Crippen molar-refractivity contribution in [3.05, 3.63) is 99.2 Å². The van der Waals surface area contributed by atoms with Gasteiger partial charge in [-0.1, -0.05) is 72.9 Å².